The molecule has 0 nitrogen and oxygen atoms in total. The fraction of sp³-hybridized carbons (Fsp3) is 0.667. The molecule has 0 bridgehead atoms. The molecule has 0 N–H and O–H groups in total. The van der Waals surface area contributed by atoms with E-state index < -0.39 is 0 Å². The fourth-order valence-electron chi connectivity index (χ4n) is 2.21. The maximum absolute atomic E-state index is 4.07. The van der Waals surface area contributed by atoms with E-state index in [1.165, 1.54) is 37.9 Å². The van der Waals surface area contributed by atoms with Crippen LogP contribution in [-0.4, -0.2) is 17.9 Å². The molecule has 2 atom stereocenters. The van der Waals surface area contributed by atoms with E-state index in [0.29, 0.717) is 10.5 Å². The maximum atomic E-state index is 4.07. The molecule has 1 heteroatoms. The van der Waals surface area contributed by atoms with E-state index in [1.54, 1.807) is 5.57 Å². The molecule has 0 saturated heterocycles. The van der Waals surface area contributed by atoms with E-state index in [1.807, 2.05) is 0 Å². The van der Waals surface area contributed by atoms with Gasteiger partial charge in [-0.3, -0.25) is 0 Å². The molecule has 1 aliphatic rings. The molecule has 0 saturated carbocycles. The quantitative estimate of drug-likeness (QED) is 0.584. The van der Waals surface area contributed by atoms with Gasteiger partial charge < -0.3 is 0 Å². The summed E-state index contributed by atoms with van der Waals surface area (Å²) in [5.41, 5.74) is 1.56. The molecular formula is C15H26S. The van der Waals surface area contributed by atoms with Gasteiger partial charge in [0.25, 0.3) is 0 Å². The van der Waals surface area contributed by atoms with Crippen LogP contribution in [0.2, 0.25) is 0 Å². The van der Waals surface area contributed by atoms with E-state index in [-0.39, 0.29) is 0 Å². The molecule has 1 aliphatic carbocycles. The van der Waals surface area contributed by atoms with Crippen LogP contribution < -0.4 is 0 Å². The fourth-order valence-corrected chi connectivity index (χ4v) is 2.87. The predicted molar refractivity (Wildman–Crippen MR) is 79.6 cm³/mol. The Kier molecular flexibility index (Phi) is 6.79. The van der Waals surface area contributed by atoms with Gasteiger partial charge in [0.1, 0.15) is 0 Å². The summed E-state index contributed by atoms with van der Waals surface area (Å²) in [5, 5.41) is 0. The van der Waals surface area contributed by atoms with Crippen LogP contribution >= 0.6 is 10.5 Å². The van der Waals surface area contributed by atoms with E-state index in [9.17, 15) is 0 Å². The number of hydrogen-bond acceptors (Lipinski definition) is 0. The van der Waals surface area contributed by atoms with Gasteiger partial charge in [-0.15, -0.1) is 0 Å². The highest BCUT2D eigenvalue weighted by molar-refractivity contribution is 8.13. The van der Waals surface area contributed by atoms with Crippen LogP contribution in [0.5, 0.6) is 0 Å². The average molecular weight is 238 g/mol. The highest BCUT2D eigenvalue weighted by Crippen LogP contribution is 2.28. The van der Waals surface area contributed by atoms with Crippen LogP contribution in [0.4, 0.5) is 0 Å². The Bertz CT molecular complexity index is 273. The van der Waals surface area contributed by atoms with Gasteiger partial charge in [0.2, 0.25) is 0 Å². The lowest BCUT2D eigenvalue weighted by molar-refractivity contribution is 0.437. The standard InChI is InChI=1S/C15H26S/c1-4-5-7-14-9-11-15(12-10-14)8-6-13-16(2)3/h5,7,9,15H,2,4,6,8,10-13H2,1,3H3/b7-5+. The summed E-state index contributed by atoms with van der Waals surface area (Å²) in [5.74, 6) is 6.34. The number of rotatable bonds is 6. The van der Waals surface area contributed by atoms with Gasteiger partial charge in [0, 0.05) is 0 Å². The minimum Gasteiger partial charge on any atom is -0.196 e. The first-order chi connectivity index (χ1) is 7.72. The van der Waals surface area contributed by atoms with E-state index >= 15 is 0 Å². The van der Waals surface area contributed by atoms with Crippen molar-refractivity contribution in [3.8, 4) is 0 Å². The summed E-state index contributed by atoms with van der Waals surface area (Å²) in [4.78, 5) is 0. The molecular weight excluding hydrogens is 212 g/mol. The van der Waals surface area contributed by atoms with E-state index in [0.717, 1.165) is 12.3 Å². The predicted octanol–water partition coefficient (Wildman–Crippen LogP) is 4.79. The van der Waals surface area contributed by atoms with Crippen LogP contribution in [-0.2, 0) is 0 Å². The molecule has 0 aromatic heterocycles. The molecule has 16 heavy (non-hydrogen) atoms. The van der Waals surface area contributed by atoms with Crippen LogP contribution in [0.3, 0.4) is 0 Å². The summed E-state index contributed by atoms with van der Waals surface area (Å²) in [6.07, 6.45) is 17.2. The summed E-state index contributed by atoms with van der Waals surface area (Å²) < 4.78 is 0. The molecule has 1 rings (SSSR count). The lowest BCUT2D eigenvalue weighted by Crippen LogP contribution is -2.05. The Morgan fingerprint density at radius 1 is 1.56 bits per heavy atom. The van der Waals surface area contributed by atoms with Crippen molar-refractivity contribution in [2.45, 2.75) is 45.4 Å². The van der Waals surface area contributed by atoms with Gasteiger partial charge >= 0.3 is 0 Å². The zero-order valence-electron chi connectivity index (χ0n) is 10.9. The Balaban J connectivity index is 2.23. The first-order valence-corrected chi connectivity index (χ1v) is 8.47. The first-order valence-electron chi connectivity index (χ1n) is 6.50. The minimum atomic E-state index is 0.392. The lowest BCUT2D eigenvalue weighted by atomic mass is 9.86. The molecule has 0 heterocycles. The summed E-state index contributed by atoms with van der Waals surface area (Å²) in [6.45, 7) is 2.20. The van der Waals surface area contributed by atoms with Gasteiger partial charge in [-0.05, 0) is 56.5 Å². The Morgan fingerprint density at radius 3 is 2.94 bits per heavy atom. The Labute approximate surface area is 104 Å². The second-order valence-electron chi connectivity index (χ2n) is 4.86. The van der Waals surface area contributed by atoms with Crippen molar-refractivity contribution < 1.29 is 0 Å². The number of allylic oxidation sites excluding steroid dienone is 4. The maximum Gasteiger partial charge on any atom is -0.0125 e. The molecule has 0 aromatic rings. The first kappa shape index (κ1) is 13.8. The molecule has 92 valence electrons. The van der Waals surface area contributed by atoms with Crippen molar-refractivity contribution in [2.75, 3.05) is 12.0 Å². The highest BCUT2D eigenvalue weighted by Gasteiger charge is 2.12. The van der Waals surface area contributed by atoms with E-state index in [4.69, 9.17) is 0 Å². The van der Waals surface area contributed by atoms with Gasteiger partial charge in [-0.2, -0.15) is 10.5 Å². The molecule has 0 amide bonds. The smallest absolute Gasteiger partial charge is 0.0125 e. The second kappa shape index (κ2) is 7.89. The summed E-state index contributed by atoms with van der Waals surface area (Å²) in [7, 11) is 0.392. The van der Waals surface area contributed by atoms with Crippen LogP contribution in [0.15, 0.2) is 23.8 Å². The minimum absolute atomic E-state index is 0.392. The Hall–Kier alpha value is -0.300. The van der Waals surface area contributed by atoms with Gasteiger partial charge in [-0.1, -0.05) is 36.6 Å². The molecule has 0 aliphatic heterocycles. The van der Waals surface area contributed by atoms with E-state index in [2.05, 4.69) is 37.3 Å². The lowest BCUT2D eigenvalue weighted by Gasteiger charge is -2.20. The normalized spacial score (nSPS) is 23.4. The van der Waals surface area contributed by atoms with Gasteiger partial charge in [0.05, 0.1) is 0 Å². The van der Waals surface area contributed by atoms with Crippen LogP contribution in [0, 0.1) is 5.92 Å². The van der Waals surface area contributed by atoms with Crippen LogP contribution in [0.1, 0.15) is 45.4 Å². The third-order valence-electron chi connectivity index (χ3n) is 3.23. The van der Waals surface area contributed by atoms with Crippen molar-refractivity contribution >= 4 is 16.4 Å². The van der Waals surface area contributed by atoms with Gasteiger partial charge in [-0.25, -0.2) is 0 Å². The van der Waals surface area contributed by atoms with Crippen molar-refractivity contribution in [2.24, 2.45) is 5.92 Å². The second-order valence-corrected chi connectivity index (χ2v) is 6.83. The number of hydrogen-bond donors (Lipinski definition) is 0. The molecule has 0 aromatic carbocycles. The van der Waals surface area contributed by atoms with Crippen molar-refractivity contribution in [1.29, 1.82) is 0 Å². The molecule has 2 unspecified atom stereocenters. The summed E-state index contributed by atoms with van der Waals surface area (Å²) in [6, 6.07) is 0. The summed E-state index contributed by atoms with van der Waals surface area (Å²) >= 11 is 0. The SMILES string of the molecule is C=S(C)CCCC1CC=C(/C=C/CC)CC1. The Morgan fingerprint density at radius 2 is 2.38 bits per heavy atom. The molecule has 0 fully saturated rings. The monoisotopic (exact) mass is 238 g/mol. The third-order valence-corrected chi connectivity index (χ3v) is 4.21. The van der Waals surface area contributed by atoms with Crippen molar-refractivity contribution in [3.05, 3.63) is 23.8 Å². The zero-order valence-corrected chi connectivity index (χ0v) is 11.7. The van der Waals surface area contributed by atoms with Crippen molar-refractivity contribution in [3.63, 3.8) is 0 Å². The average Bonchev–Trinajstić information content (AvgIpc) is 2.27. The topological polar surface area (TPSA) is 0 Å². The van der Waals surface area contributed by atoms with Crippen LogP contribution in [0.25, 0.3) is 0 Å². The highest BCUT2D eigenvalue weighted by atomic mass is 32.2. The molecule has 0 spiro atoms. The molecule has 0 radical (unpaired) electrons. The third kappa shape index (κ3) is 5.69. The van der Waals surface area contributed by atoms with Gasteiger partial charge in [0.15, 0.2) is 0 Å². The largest absolute Gasteiger partial charge is 0.196 e. The van der Waals surface area contributed by atoms with Crippen molar-refractivity contribution in [1.82, 2.24) is 0 Å². The zero-order chi connectivity index (χ0) is 11.8.